The number of aliphatic hydroxyl groups is 1. The number of H-pyrrole nitrogens is 2. The summed E-state index contributed by atoms with van der Waals surface area (Å²) in [4.78, 5) is 52.8. The first-order valence-corrected chi connectivity index (χ1v) is 27.5. The van der Waals surface area contributed by atoms with E-state index in [9.17, 15) is 42.2 Å². The van der Waals surface area contributed by atoms with Crippen molar-refractivity contribution < 1.29 is 42.2 Å². The second kappa shape index (κ2) is 23.5. The molecule has 0 spiro atoms. The highest BCUT2D eigenvalue weighted by atomic mass is 35.5. The summed E-state index contributed by atoms with van der Waals surface area (Å²) in [5, 5.41) is 23.9. The first-order chi connectivity index (χ1) is 36.7. The van der Waals surface area contributed by atoms with E-state index < -0.39 is 29.5 Å². The number of aliphatic hydroxyl groups excluding tert-OH is 1. The molecule has 4 N–H and O–H groups in total. The molecule has 4 aliphatic heterocycles. The molecule has 1 aliphatic carbocycles. The zero-order chi connectivity index (χ0) is 53.2. The normalized spacial score (nSPS) is 21.5. The van der Waals surface area contributed by atoms with Crippen LogP contribution in [-0.4, -0.2) is 129 Å². The Bertz CT molecular complexity index is 3060. The maximum Gasteiger partial charge on any atom is 0.321 e. The largest absolute Gasteiger partial charge is 0.480 e. The first kappa shape index (κ1) is 53.7. The van der Waals surface area contributed by atoms with E-state index in [-0.39, 0.29) is 59.5 Å². The highest BCUT2D eigenvalue weighted by molar-refractivity contribution is 6.42. The van der Waals surface area contributed by atoms with Crippen molar-refractivity contribution in [1.82, 2.24) is 29.6 Å². The fraction of sp³-hybridized carbons (Fsp3) is 0.441. The molecule has 6 heterocycles. The van der Waals surface area contributed by atoms with Gasteiger partial charge in [0.1, 0.15) is 11.9 Å². The average molecular weight is 1080 g/mol. The number of fused-ring (bicyclic) bond motifs is 2. The number of likely N-dealkylation sites (tertiary alicyclic amines) is 4. The van der Waals surface area contributed by atoms with Crippen LogP contribution in [0.5, 0.6) is 0 Å². The number of carbonyl (C=O) groups is 3. The van der Waals surface area contributed by atoms with Gasteiger partial charge in [-0.1, -0.05) is 47.5 Å². The molecule has 5 aliphatic rings. The van der Waals surface area contributed by atoms with Gasteiger partial charge in [-0.2, -0.15) is 0 Å². The molecule has 4 unspecified atom stereocenters. The Labute approximate surface area is 449 Å². The molecule has 0 bridgehead atoms. The Morgan fingerprint density at radius 3 is 1.88 bits per heavy atom. The summed E-state index contributed by atoms with van der Waals surface area (Å²) in [6.07, 6.45) is 14.2. The molecule has 1 saturated carbocycles. The summed E-state index contributed by atoms with van der Waals surface area (Å²) in [6, 6.07) is 20.1. The quantitative estimate of drug-likeness (QED) is 0.0544. The van der Waals surface area contributed by atoms with Crippen LogP contribution in [0, 0.1) is 41.0 Å². The lowest BCUT2D eigenvalue weighted by atomic mass is 9.84. The molecule has 4 atom stereocenters. The predicted octanol–water partition coefficient (Wildman–Crippen LogP) is 11.4. The maximum atomic E-state index is 13.6. The second-order valence-electron chi connectivity index (χ2n) is 21.5. The molecular formula is C59H64Cl2F4N6O5. The van der Waals surface area contributed by atoms with Gasteiger partial charge in [-0.15, -0.1) is 0 Å². The van der Waals surface area contributed by atoms with Gasteiger partial charge in [-0.05, 0) is 190 Å². The summed E-state index contributed by atoms with van der Waals surface area (Å²) < 4.78 is 53.5. The van der Waals surface area contributed by atoms with Crippen LogP contribution in [-0.2, 0) is 14.4 Å². The fourth-order valence-corrected chi connectivity index (χ4v) is 13.1. The number of aromatic nitrogens is 2. The van der Waals surface area contributed by atoms with Crippen molar-refractivity contribution in [2.75, 3.05) is 59.0 Å². The zero-order valence-electron chi connectivity index (χ0n) is 42.3. The number of carboxylic acid groups (broad SMARTS) is 1. The standard InChI is InChI=1S/C30H35Cl2N3O2.C29H29F4N3O3/c31-26-6-5-21(15-27(26)32)23-16-24(23)30(37)35-13-9-20(10-14-35)29(18-36)34-11-7-19(8-12-34)25-17-33-28-4-2-1-3-22(25)28;30-20-2-3-21-22(16-34-25(21)15-20)18-5-11-36(12-6-18)28(29(38)39)19-7-9-35(10-8-19)26(37)4-1-17-13-23(31)27(33)24(32)14-17/h1-6,15,17,19-20,23-24,29,33,36H,7-14,16,18H2;1-4,13-16,18-19,28,34H,5-12H2,(H,38,39)/b;4-1+. The van der Waals surface area contributed by atoms with Crippen LogP contribution in [0.2, 0.25) is 10.0 Å². The van der Waals surface area contributed by atoms with Gasteiger partial charge < -0.3 is 30.0 Å². The molecule has 11 nitrogen and oxygen atoms in total. The summed E-state index contributed by atoms with van der Waals surface area (Å²) in [5.41, 5.74) is 5.67. The number of benzene rings is 4. The number of para-hydroxylation sites is 1. The lowest BCUT2D eigenvalue weighted by Crippen LogP contribution is -2.52. The van der Waals surface area contributed by atoms with Gasteiger partial charge in [0, 0.05) is 78.4 Å². The van der Waals surface area contributed by atoms with Crippen LogP contribution >= 0.6 is 23.2 Å². The maximum absolute atomic E-state index is 13.6. The third-order valence-corrected chi connectivity index (χ3v) is 17.9. The SMILES string of the molecule is O=C(C1CC1c1ccc(Cl)c(Cl)c1)N1CCC(C(CO)N2CCC(c3c[nH]c4ccccc34)CC2)CC1.O=C(O)C(C1CCN(C(=O)/C=C/c2cc(F)c(F)c(F)c2)CC1)N1CCC(c2c[nH]c3cc(F)ccc23)CC1. The van der Waals surface area contributed by atoms with E-state index >= 15 is 0 Å². The van der Waals surface area contributed by atoms with Crippen molar-refractivity contribution in [3.05, 3.63) is 147 Å². The van der Waals surface area contributed by atoms with Crippen molar-refractivity contribution in [3.63, 3.8) is 0 Å². The van der Waals surface area contributed by atoms with Gasteiger partial charge in [0.15, 0.2) is 17.5 Å². The van der Waals surface area contributed by atoms with Crippen LogP contribution in [0.25, 0.3) is 27.9 Å². The Morgan fingerprint density at radius 2 is 1.25 bits per heavy atom. The Hall–Kier alpha value is -5.71. The van der Waals surface area contributed by atoms with Crippen molar-refractivity contribution in [1.29, 1.82) is 0 Å². The molecule has 11 rings (SSSR count). The summed E-state index contributed by atoms with van der Waals surface area (Å²) in [6.45, 7) is 5.79. The molecular weight excluding hydrogens is 1020 g/mol. The van der Waals surface area contributed by atoms with Gasteiger partial charge in [0.2, 0.25) is 11.8 Å². The molecule has 0 radical (unpaired) electrons. The number of halogens is 6. The zero-order valence-corrected chi connectivity index (χ0v) is 43.8. The molecule has 6 aromatic rings. The summed E-state index contributed by atoms with van der Waals surface area (Å²) in [7, 11) is 0. The van der Waals surface area contributed by atoms with E-state index in [0.717, 1.165) is 105 Å². The highest BCUT2D eigenvalue weighted by Crippen LogP contribution is 2.50. The van der Waals surface area contributed by atoms with E-state index in [2.05, 4.69) is 50.2 Å². The predicted molar refractivity (Wildman–Crippen MR) is 287 cm³/mol. The van der Waals surface area contributed by atoms with Crippen LogP contribution in [0.4, 0.5) is 17.6 Å². The smallest absolute Gasteiger partial charge is 0.321 e. The minimum Gasteiger partial charge on any atom is -0.480 e. The van der Waals surface area contributed by atoms with E-state index in [0.29, 0.717) is 60.9 Å². The number of hydrogen-bond acceptors (Lipinski definition) is 6. The minimum atomic E-state index is -1.56. The Kier molecular flexibility index (Phi) is 16.6. The van der Waals surface area contributed by atoms with Crippen molar-refractivity contribution in [2.24, 2.45) is 17.8 Å². The van der Waals surface area contributed by atoms with Crippen LogP contribution in [0.15, 0.2) is 91.3 Å². The minimum absolute atomic E-state index is 0.0313. The number of carboxylic acids is 1. The lowest BCUT2D eigenvalue weighted by molar-refractivity contribution is -0.147. The Balaban J connectivity index is 0.000000173. The van der Waals surface area contributed by atoms with Crippen molar-refractivity contribution >= 4 is 68.9 Å². The number of carbonyl (C=O) groups excluding carboxylic acids is 2. The molecule has 402 valence electrons. The molecule has 76 heavy (non-hydrogen) atoms. The number of hydrogen-bond donors (Lipinski definition) is 4. The number of rotatable bonds is 12. The number of aliphatic carboxylic acids is 1. The van der Waals surface area contributed by atoms with Gasteiger partial charge in [0.05, 0.1) is 16.7 Å². The Morgan fingerprint density at radius 1 is 0.658 bits per heavy atom. The van der Waals surface area contributed by atoms with Crippen LogP contribution in [0.1, 0.15) is 97.8 Å². The topological polar surface area (TPSA) is 136 Å². The highest BCUT2D eigenvalue weighted by Gasteiger charge is 2.47. The first-order valence-electron chi connectivity index (χ1n) is 26.7. The molecule has 2 amide bonds. The molecule has 4 aromatic carbocycles. The molecule has 2 aromatic heterocycles. The molecule has 17 heteroatoms. The van der Waals surface area contributed by atoms with E-state index in [4.69, 9.17) is 23.2 Å². The van der Waals surface area contributed by atoms with Crippen molar-refractivity contribution in [3.8, 4) is 0 Å². The number of nitrogens with zero attached hydrogens (tertiary/aromatic N) is 4. The van der Waals surface area contributed by atoms with Crippen LogP contribution < -0.4 is 0 Å². The average Bonchev–Trinajstić information content (AvgIpc) is 3.95. The van der Waals surface area contributed by atoms with E-state index in [1.165, 1.54) is 40.8 Å². The van der Waals surface area contributed by atoms with E-state index in [1.807, 2.05) is 29.3 Å². The second-order valence-corrected chi connectivity index (χ2v) is 22.3. The summed E-state index contributed by atoms with van der Waals surface area (Å²) >= 11 is 12.2. The number of piperidine rings is 4. The van der Waals surface area contributed by atoms with E-state index in [1.54, 1.807) is 11.0 Å². The van der Waals surface area contributed by atoms with Crippen LogP contribution in [0.3, 0.4) is 0 Å². The van der Waals surface area contributed by atoms with Crippen molar-refractivity contribution in [2.45, 2.75) is 87.6 Å². The third kappa shape index (κ3) is 11.7. The fourth-order valence-electron chi connectivity index (χ4n) is 12.8. The number of nitrogens with one attached hydrogen (secondary N) is 2. The van der Waals surface area contributed by atoms with Gasteiger partial charge in [0.25, 0.3) is 0 Å². The third-order valence-electron chi connectivity index (χ3n) is 17.1. The van der Waals surface area contributed by atoms with Gasteiger partial charge >= 0.3 is 5.97 Å². The number of amides is 2. The number of aromatic amines is 2. The molecule has 5 fully saturated rings. The molecule has 4 saturated heterocycles. The lowest BCUT2D eigenvalue weighted by Gasteiger charge is -2.43. The monoisotopic (exact) mass is 1080 g/mol. The summed E-state index contributed by atoms with van der Waals surface area (Å²) in [5.74, 6) is -4.03. The van der Waals surface area contributed by atoms with Gasteiger partial charge in [-0.25, -0.2) is 17.6 Å². The van der Waals surface area contributed by atoms with Gasteiger partial charge in [-0.3, -0.25) is 24.2 Å².